The molecule has 0 aromatic heterocycles. The summed E-state index contributed by atoms with van der Waals surface area (Å²) in [6.07, 6.45) is 6.55. The van der Waals surface area contributed by atoms with Crippen LogP contribution in [0.25, 0.3) is 6.08 Å². The van der Waals surface area contributed by atoms with E-state index < -0.39 is 12.1 Å². The SMILES string of the molecule is COc1cc(/C=C/C(=O)O[C@H](C)C(=O)N[C@H]2CCCC[C@H]2C)ccc1OC(C)C. The van der Waals surface area contributed by atoms with Gasteiger partial charge >= 0.3 is 5.97 Å². The van der Waals surface area contributed by atoms with E-state index >= 15 is 0 Å². The van der Waals surface area contributed by atoms with Crippen molar-refractivity contribution in [2.75, 3.05) is 7.11 Å². The summed E-state index contributed by atoms with van der Waals surface area (Å²) >= 11 is 0. The number of methoxy groups -OCH3 is 1. The van der Waals surface area contributed by atoms with Gasteiger partial charge in [0.25, 0.3) is 5.91 Å². The summed E-state index contributed by atoms with van der Waals surface area (Å²) in [6, 6.07) is 5.56. The van der Waals surface area contributed by atoms with Gasteiger partial charge in [-0.05, 0) is 63.3 Å². The fraction of sp³-hybridized carbons (Fsp3) is 0.565. The van der Waals surface area contributed by atoms with E-state index in [1.165, 1.54) is 12.5 Å². The second-order valence-electron chi connectivity index (χ2n) is 7.87. The van der Waals surface area contributed by atoms with Crippen LogP contribution < -0.4 is 14.8 Å². The molecular formula is C23H33NO5. The molecule has 0 unspecified atom stereocenters. The lowest BCUT2D eigenvalue weighted by Crippen LogP contribution is -2.45. The van der Waals surface area contributed by atoms with Crippen molar-refractivity contribution in [1.82, 2.24) is 5.32 Å². The zero-order chi connectivity index (χ0) is 21.4. The second kappa shape index (κ2) is 10.9. The first-order chi connectivity index (χ1) is 13.8. The summed E-state index contributed by atoms with van der Waals surface area (Å²) in [6.45, 7) is 7.62. The Hall–Kier alpha value is -2.50. The van der Waals surface area contributed by atoms with Crippen LogP contribution in [0.15, 0.2) is 24.3 Å². The van der Waals surface area contributed by atoms with Gasteiger partial charge in [-0.2, -0.15) is 0 Å². The number of esters is 1. The Bertz CT molecular complexity index is 728. The molecule has 1 fully saturated rings. The van der Waals surface area contributed by atoms with Crippen molar-refractivity contribution in [2.24, 2.45) is 5.92 Å². The average Bonchev–Trinajstić information content (AvgIpc) is 2.68. The predicted octanol–water partition coefficient (Wildman–Crippen LogP) is 4.12. The van der Waals surface area contributed by atoms with Gasteiger partial charge in [-0.3, -0.25) is 4.79 Å². The highest BCUT2D eigenvalue weighted by atomic mass is 16.5. The van der Waals surface area contributed by atoms with Gasteiger partial charge in [-0.1, -0.05) is 25.8 Å². The molecule has 3 atom stereocenters. The van der Waals surface area contributed by atoms with Crippen LogP contribution in [-0.4, -0.2) is 37.2 Å². The molecule has 1 aromatic rings. The number of hydrogen-bond acceptors (Lipinski definition) is 5. The van der Waals surface area contributed by atoms with Crippen LogP contribution in [0, 0.1) is 5.92 Å². The molecule has 1 N–H and O–H groups in total. The van der Waals surface area contributed by atoms with E-state index in [9.17, 15) is 9.59 Å². The normalized spacial score (nSPS) is 20.3. The first-order valence-electron chi connectivity index (χ1n) is 10.3. The monoisotopic (exact) mass is 403 g/mol. The molecule has 1 aliphatic rings. The molecule has 1 saturated carbocycles. The average molecular weight is 404 g/mol. The van der Waals surface area contributed by atoms with Gasteiger partial charge in [0, 0.05) is 12.1 Å². The lowest BCUT2D eigenvalue weighted by molar-refractivity contribution is -0.150. The van der Waals surface area contributed by atoms with Gasteiger partial charge < -0.3 is 19.5 Å². The third-order valence-electron chi connectivity index (χ3n) is 5.06. The van der Waals surface area contributed by atoms with Crippen LogP contribution in [0.3, 0.4) is 0 Å². The Morgan fingerprint density at radius 1 is 1.14 bits per heavy atom. The minimum absolute atomic E-state index is 0.0319. The topological polar surface area (TPSA) is 73.9 Å². The van der Waals surface area contributed by atoms with Crippen LogP contribution in [0.2, 0.25) is 0 Å². The maximum Gasteiger partial charge on any atom is 0.331 e. The van der Waals surface area contributed by atoms with Gasteiger partial charge in [0.1, 0.15) is 0 Å². The summed E-state index contributed by atoms with van der Waals surface area (Å²) < 4.78 is 16.3. The lowest BCUT2D eigenvalue weighted by Gasteiger charge is -2.30. The third kappa shape index (κ3) is 7.11. The molecule has 6 nitrogen and oxygen atoms in total. The molecule has 1 aliphatic carbocycles. The summed E-state index contributed by atoms with van der Waals surface area (Å²) in [5, 5.41) is 3.01. The smallest absolute Gasteiger partial charge is 0.331 e. The van der Waals surface area contributed by atoms with Gasteiger partial charge in [0.05, 0.1) is 13.2 Å². The number of carbonyl (C=O) groups is 2. The maximum atomic E-state index is 12.3. The standard InChI is InChI=1S/C23H33NO5/c1-15(2)28-20-12-10-18(14-21(20)27-5)11-13-22(25)29-17(4)23(26)24-19-9-7-6-8-16(19)3/h10-17,19H,6-9H2,1-5H3,(H,24,26)/b13-11+/t16-,17-,19+/m1/s1. The van der Waals surface area contributed by atoms with E-state index in [0.29, 0.717) is 17.4 Å². The largest absolute Gasteiger partial charge is 0.493 e. The van der Waals surface area contributed by atoms with Crippen molar-refractivity contribution >= 4 is 18.0 Å². The Balaban J connectivity index is 1.90. The highest BCUT2D eigenvalue weighted by molar-refractivity contribution is 5.90. The molecule has 1 aromatic carbocycles. The number of nitrogens with one attached hydrogen (secondary N) is 1. The summed E-state index contributed by atoms with van der Waals surface area (Å²) in [5.41, 5.74) is 0.767. The quantitative estimate of drug-likeness (QED) is 0.522. The highest BCUT2D eigenvalue weighted by Crippen LogP contribution is 2.29. The van der Waals surface area contributed by atoms with Crippen LogP contribution in [0.5, 0.6) is 11.5 Å². The Morgan fingerprint density at radius 3 is 2.52 bits per heavy atom. The molecule has 0 radical (unpaired) electrons. The number of rotatable bonds is 8. The van der Waals surface area contributed by atoms with E-state index in [1.807, 2.05) is 19.9 Å². The van der Waals surface area contributed by atoms with E-state index in [4.69, 9.17) is 14.2 Å². The first-order valence-corrected chi connectivity index (χ1v) is 10.3. The molecule has 0 saturated heterocycles. The van der Waals surface area contributed by atoms with Gasteiger partial charge in [0.2, 0.25) is 0 Å². The van der Waals surface area contributed by atoms with Crippen molar-refractivity contribution in [3.8, 4) is 11.5 Å². The fourth-order valence-electron chi connectivity index (χ4n) is 3.40. The number of benzene rings is 1. The molecule has 6 heteroatoms. The number of hydrogen-bond donors (Lipinski definition) is 1. The fourth-order valence-corrected chi connectivity index (χ4v) is 3.40. The Labute approximate surface area is 173 Å². The molecule has 29 heavy (non-hydrogen) atoms. The molecule has 160 valence electrons. The van der Waals surface area contributed by atoms with Crippen LogP contribution in [0.1, 0.15) is 58.9 Å². The van der Waals surface area contributed by atoms with Crippen LogP contribution in [-0.2, 0) is 14.3 Å². The molecule has 0 heterocycles. The summed E-state index contributed by atoms with van der Waals surface area (Å²) in [7, 11) is 1.57. The molecule has 0 spiro atoms. The minimum Gasteiger partial charge on any atom is -0.493 e. The molecule has 0 bridgehead atoms. The number of amides is 1. The van der Waals surface area contributed by atoms with Crippen LogP contribution >= 0.6 is 0 Å². The van der Waals surface area contributed by atoms with E-state index in [1.54, 1.807) is 32.2 Å². The number of ether oxygens (including phenoxy) is 3. The van der Waals surface area contributed by atoms with E-state index in [0.717, 1.165) is 24.8 Å². The molecular weight excluding hydrogens is 370 g/mol. The summed E-state index contributed by atoms with van der Waals surface area (Å²) in [4.78, 5) is 24.4. The first kappa shape index (κ1) is 22.8. The maximum absolute atomic E-state index is 12.3. The van der Waals surface area contributed by atoms with Crippen molar-refractivity contribution in [1.29, 1.82) is 0 Å². The van der Waals surface area contributed by atoms with Crippen molar-refractivity contribution in [2.45, 2.75) is 71.6 Å². The van der Waals surface area contributed by atoms with Gasteiger partial charge in [0.15, 0.2) is 17.6 Å². The second-order valence-corrected chi connectivity index (χ2v) is 7.87. The molecule has 0 aliphatic heterocycles. The summed E-state index contributed by atoms with van der Waals surface area (Å²) in [5.74, 6) is 0.870. The molecule has 1 amide bonds. The zero-order valence-corrected chi connectivity index (χ0v) is 18.1. The Morgan fingerprint density at radius 2 is 1.86 bits per heavy atom. The van der Waals surface area contributed by atoms with E-state index in [2.05, 4.69) is 12.2 Å². The van der Waals surface area contributed by atoms with Crippen molar-refractivity contribution < 1.29 is 23.8 Å². The van der Waals surface area contributed by atoms with Gasteiger partial charge in [-0.15, -0.1) is 0 Å². The minimum atomic E-state index is -0.836. The van der Waals surface area contributed by atoms with Crippen molar-refractivity contribution in [3.05, 3.63) is 29.8 Å². The molecule has 2 rings (SSSR count). The third-order valence-corrected chi connectivity index (χ3v) is 5.06. The highest BCUT2D eigenvalue weighted by Gasteiger charge is 2.25. The van der Waals surface area contributed by atoms with E-state index in [-0.39, 0.29) is 18.1 Å². The Kier molecular flexibility index (Phi) is 8.55. The number of carbonyl (C=O) groups excluding carboxylic acids is 2. The van der Waals surface area contributed by atoms with Crippen LogP contribution in [0.4, 0.5) is 0 Å². The lowest BCUT2D eigenvalue weighted by atomic mass is 9.86. The predicted molar refractivity (Wildman–Crippen MR) is 113 cm³/mol. The zero-order valence-electron chi connectivity index (χ0n) is 18.1. The van der Waals surface area contributed by atoms with Gasteiger partial charge in [-0.25, -0.2) is 4.79 Å². The van der Waals surface area contributed by atoms with Crippen molar-refractivity contribution in [3.63, 3.8) is 0 Å².